The Morgan fingerprint density at radius 1 is 1.03 bits per heavy atom. The Balaban J connectivity index is 1.51. The van der Waals surface area contributed by atoms with Crippen molar-refractivity contribution in [3.63, 3.8) is 0 Å². The van der Waals surface area contributed by atoms with E-state index in [0.29, 0.717) is 35.2 Å². The second-order valence-electron chi connectivity index (χ2n) is 8.16. The number of amides is 1. The second-order valence-corrected chi connectivity index (χ2v) is 8.16. The van der Waals surface area contributed by atoms with Gasteiger partial charge in [-0.15, -0.1) is 0 Å². The van der Waals surface area contributed by atoms with Crippen molar-refractivity contribution >= 4 is 11.6 Å². The minimum Gasteiger partial charge on any atom is -0.493 e. The maximum Gasteiger partial charge on any atom is 0.416 e. The normalized spacial score (nSPS) is 14.5. The summed E-state index contributed by atoms with van der Waals surface area (Å²) in [5, 5.41) is 10.5. The number of methoxy groups -OCH3 is 1. The van der Waals surface area contributed by atoms with E-state index >= 15 is 0 Å². The largest absolute Gasteiger partial charge is 0.493 e. The lowest BCUT2D eigenvalue weighted by atomic mass is 9.95. The summed E-state index contributed by atoms with van der Waals surface area (Å²) in [6, 6.07) is 14.2. The number of carbonyl (C=O) groups excluding carboxylic acids is 1. The van der Waals surface area contributed by atoms with E-state index in [0.717, 1.165) is 17.7 Å². The Morgan fingerprint density at radius 3 is 2.46 bits per heavy atom. The third kappa shape index (κ3) is 5.40. The van der Waals surface area contributed by atoms with Gasteiger partial charge in [0.1, 0.15) is 18.5 Å². The van der Waals surface area contributed by atoms with Gasteiger partial charge in [0.2, 0.25) is 5.91 Å². The number of ether oxygens (including phenoxy) is 2. The molecule has 4 rings (SSSR count). The van der Waals surface area contributed by atoms with Gasteiger partial charge in [0, 0.05) is 17.7 Å². The number of anilines is 1. The highest BCUT2D eigenvalue weighted by molar-refractivity contribution is 5.97. The summed E-state index contributed by atoms with van der Waals surface area (Å²) in [5.41, 5.74) is 0.685. The Hall–Kier alpha value is -3.59. The maximum atomic E-state index is 14.5. The predicted octanol–water partition coefficient (Wildman–Crippen LogP) is 5.24. The van der Waals surface area contributed by atoms with Crippen molar-refractivity contribution in [3.8, 4) is 22.6 Å². The van der Waals surface area contributed by atoms with E-state index in [9.17, 15) is 27.5 Å². The molecule has 0 bridgehead atoms. The van der Waals surface area contributed by atoms with Gasteiger partial charge in [0.25, 0.3) is 0 Å². The van der Waals surface area contributed by atoms with E-state index in [2.05, 4.69) is 0 Å². The van der Waals surface area contributed by atoms with Gasteiger partial charge in [0.05, 0.1) is 19.2 Å². The van der Waals surface area contributed by atoms with Crippen molar-refractivity contribution in [1.82, 2.24) is 0 Å². The molecule has 3 aromatic rings. The minimum atomic E-state index is -4.63. The zero-order chi connectivity index (χ0) is 25.2. The van der Waals surface area contributed by atoms with Gasteiger partial charge in [-0.3, -0.25) is 4.79 Å². The molecular weight excluding hydrogens is 466 g/mol. The van der Waals surface area contributed by atoms with E-state index in [1.54, 1.807) is 42.5 Å². The number of benzene rings is 3. The number of β-amino-alcohol motifs (C(OH)–C–C–N with tert-alkyl or cyclic N) is 1. The first-order chi connectivity index (χ1) is 16.7. The number of para-hydroxylation sites is 2. The first-order valence-corrected chi connectivity index (χ1v) is 10.9. The number of aryl methyl sites for hydroxylation is 1. The van der Waals surface area contributed by atoms with E-state index < -0.39 is 23.7 Å². The average Bonchev–Trinajstić information content (AvgIpc) is 2.83. The van der Waals surface area contributed by atoms with Crippen molar-refractivity contribution in [1.29, 1.82) is 0 Å². The molecule has 3 aromatic carbocycles. The lowest BCUT2D eigenvalue weighted by molar-refractivity contribution is -0.137. The molecule has 1 amide bonds. The molecule has 35 heavy (non-hydrogen) atoms. The van der Waals surface area contributed by atoms with Crippen LogP contribution in [0.5, 0.6) is 11.5 Å². The van der Waals surface area contributed by atoms with Crippen LogP contribution in [0.15, 0.2) is 60.7 Å². The Kier molecular flexibility index (Phi) is 6.98. The number of fused-ring (bicyclic) bond motifs is 1. The van der Waals surface area contributed by atoms with Crippen LogP contribution in [0.4, 0.5) is 23.2 Å². The van der Waals surface area contributed by atoms with Crippen LogP contribution in [-0.4, -0.2) is 37.4 Å². The minimum absolute atomic E-state index is 0.0189. The number of halogens is 4. The van der Waals surface area contributed by atoms with Gasteiger partial charge in [0.15, 0.2) is 11.5 Å². The fourth-order valence-corrected chi connectivity index (χ4v) is 4.04. The molecule has 1 N–H and O–H groups in total. The van der Waals surface area contributed by atoms with Crippen LogP contribution in [-0.2, 0) is 17.4 Å². The third-order valence-corrected chi connectivity index (χ3v) is 5.78. The van der Waals surface area contributed by atoms with Gasteiger partial charge < -0.3 is 19.5 Å². The molecule has 1 heterocycles. The number of aliphatic hydroxyl groups excluding tert-OH is 1. The van der Waals surface area contributed by atoms with E-state index in [1.807, 2.05) is 0 Å². The quantitative estimate of drug-likeness (QED) is 0.462. The highest BCUT2D eigenvalue weighted by Gasteiger charge is 2.31. The maximum absolute atomic E-state index is 14.5. The van der Waals surface area contributed by atoms with Crippen LogP contribution < -0.4 is 14.4 Å². The topological polar surface area (TPSA) is 59.0 Å². The molecular formula is C26H23F4NO4. The fraction of sp³-hybridized carbons (Fsp3) is 0.269. The number of carbonyl (C=O) groups is 1. The summed E-state index contributed by atoms with van der Waals surface area (Å²) in [7, 11) is 1.51. The van der Waals surface area contributed by atoms with Crippen molar-refractivity contribution in [2.75, 3.05) is 25.2 Å². The fourth-order valence-electron chi connectivity index (χ4n) is 4.04. The molecule has 184 valence electrons. The Morgan fingerprint density at radius 2 is 1.77 bits per heavy atom. The molecule has 0 spiro atoms. The lowest BCUT2D eigenvalue weighted by Crippen LogP contribution is -2.42. The van der Waals surface area contributed by atoms with Gasteiger partial charge in [-0.25, -0.2) is 4.39 Å². The number of nitrogens with zero attached hydrogens (tertiary/aromatic N) is 1. The van der Waals surface area contributed by atoms with Crippen molar-refractivity contribution in [3.05, 3.63) is 77.6 Å². The molecule has 1 aliphatic rings. The highest BCUT2D eigenvalue weighted by Crippen LogP contribution is 2.36. The Bertz CT molecular complexity index is 1230. The number of aliphatic hydroxyl groups is 1. The molecule has 0 saturated heterocycles. The summed E-state index contributed by atoms with van der Waals surface area (Å²) in [6.45, 7) is -0.0939. The SMILES string of the molecule is COc1ccccc1OCC(O)CN1C(=O)CCc2cc(-c3ccc(C(F)(F)F)cc3F)ccc21. The molecule has 9 heteroatoms. The van der Waals surface area contributed by atoms with Gasteiger partial charge in [-0.1, -0.05) is 24.3 Å². The molecule has 5 nitrogen and oxygen atoms in total. The zero-order valence-electron chi connectivity index (χ0n) is 18.8. The Labute approximate surface area is 199 Å². The lowest BCUT2D eigenvalue weighted by Gasteiger charge is -2.31. The number of hydrogen-bond acceptors (Lipinski definition) is 4. The van der Waals surface area contributed by atoms with E-state index in [1.165, 1.54) is 12.0 Å². The summed E-state index contributed by atoms with van der Waals surface area (Å²) >= 11 is 0. The first kappa shape index (κ1) is 24.5. The zero-order valence-corrected chi connectivity index (χ0v) is 18.8. The third-order valence-electron chi connectivity index (χ3n) is 5.78. The molecule has 0 aromatic heterocycles. The second kappa shape index (κ2) is 9.95. The van der Waals surface area contributed by atoms with Crippen LogP contribution in [0.3, 0.4) is 0 Å². The first-order valence-electron chi connectivity index (χ1n) is 10.9. The number of alkyl halides is 3. The molecule has 1 aliphatic heterocycles. The van der Waals surface area contributed by atoms with Gasteiger partial charge in [-0.05, 0) is 53.9 Å². The average molecular weight is 489 g/mol. The van der Waals surface area contributed by atoms with E-state index in [-0.39, 0.29) is 31.0 Å². The van der Waals surface area contributed by atoms with Crippen LogP contribution in [0.25, 0.3) is 11.1 Å². The molecule has 0 radical (unpaired) electrons. The summed E-state index contributed by atoms with van der Waals surface area (Å²) < 4.78 is 63.9. The van der Waals surface area contributed by atoms with Crippen molar-refractivity contribution in [2.24, 2.45) is 0 Å². The summed E-state index contributed by atoms with van der Waals surface area (Å²) in [6.07, 6.45) is -5.05. The summed E-state index contributed by atoms with van der Waals surface area (Å²) in [5.74, 6) is -0.181. The van der Waals surface area contributed by atoms with Crippen LogP contribution in [0, 0.1) is 5.82 Å². The van der Waals surface area contributed by atoms with Crippen LogP contribution in [0.1, 0.15) is 17.5 Å². The summed E-state index contributed by atoms with van der Waals surface area (Å²) in [4.78, 5) is 14.0. The standard InChI is InChI=1S/C26H23F4NO4/c1-34-23-4-2-3-5-24(23)35-15-19(32)14-31-22-10-6-16(12-17(22)7-11-25(31)33)20-9-8-18(13-21(20)27)26(28,29)30/h2-6,8-10,12-13,19,32H,7,11,14-15H2,1H3. The van der Waals surface area contributed by atoms with Crippen LogP contribution in [0.2, 0.25) is 0 Å². The van der Waals surface area contributed by atoms with Crippen molar-refractivity contribution in [2.45, 2.75) is 25.1 Å². The highest BCUT2D eigenvalue weighted by atomic mass is 19.4. The van der Waals surface area contributed by atoms with Crippen molar-refractivity contribution < 1.29 is 36.9 Å². The number of hydrogen-bond donors (Lipinski definition) is 1. The molecule has 0 aliphatic carbocycles. The molecule has 0 saturated carbocycles. The van der Waals surface area contributed by atoms with Crippen LogP contribution >= 0.6 is 0 Å². The molecule has 0 fully saturated rings. The van der Waals surface area contributed by atoms with Gasteiger partial charge >= 0.3 is 6.18 Å². The predicted molar refractivity (Wildman–Crippen MR) is 122 cm³/mol. The number of rotatable bonds is 7. The molecule has 1 atom stereocenters. The smallest absolute Gasteiger partial charge is 0.416 e. The van der Waals surface area contributed by atoms with E-state index in [4.69, 9.17) is 9.47 Å². The molecule has 1 unspecified atom stereocenters. The monoisotopic (exact) mass is 489 g/mol. The van der Waals surface area contributed by atoms with Gasteiger partial charge in [-0.2, -0.15) is 13.2 Å².